The molecular formula is C15H19NO3S. The summed E-state index contributed by atoms with van der Waals surface area (Å²) in [4.78, 5) is 26.9. The molecule has 1 aliphatic carbocycles. The number of carboxylic acids is 1. The van der Waals surface area contributed by atoms with Gasteiger partial charge < -0.3 is 10.0 Å². The van der Waals surface area contributed by atoms with E-state index in [0.29, 0.717) is 12.8 Å². The highest BCUT2D eigenvalue weighted by atomic mass is 32.1. The third-order valence-corrected chi connectivity index (χ3v) is 5.51. The Morgan fingerprint density at radius 1 is 1.25 bits per heavy atom. The zero-order chi connectivity index (χ0) is 14.1. The first-order chi connectivity index (χ1) is 9.66. The first kappa shape index (κ1) is 13.6. The quantitative estimate of drug-likeness (QED) is 0.932. The van der Waals surface area contributed by atoms with Crippen molar-refractivity contribution in [3.8, 4) is 0 Å². The van der Waals surface area contributed by atoms with Crippen molar-refractivity contribution >= 4 is 23.2 Å². The Morgan fingerprint density at radius 2 is 2.05 bits per heavy atom. The van der Waals surface area contributed by atoms with Gasteiger partial charge in [0.2, 0.25) is 5.91 Å². The number of amides is 1. The lowest BCUT2D eigenvalue weighted by atomic mass is 10.0. The van der Waals surface area contributed by atoms with E-state index in [0.717, 1.165) is 25.8 Å². The second-order valence-electron chi connectivity index (χ2n) is 5.75. The number of hydrogen-bond acceptors (Lipinski definition) is 3. The zero-order valence-electron chi connectivity index (χ0n) is 11.3. The van der Waals surface area contributed by atoms with Gasteiger partial charge in [-0.2, -0.15) is 0 Å². The summed E-state index contributed by atoms with van der Waals surface area (Å²) >= 11 is 1.70. The topological polar surface area (TPSA) is 57.6 Å². The summed E-state index contributed by atoms with van der Waals surface area (Å²) < 4.78 is 0. The molecule has 2 fully saturated rings. The van der Waals surface area contributed by atoms with Crippen LogP contribution in [0.15, 0.2) is 17.5 Å². The molecule has 1 aromatic rings. The fourth-order valence-electron chi connectivity index (χ4n) is 3.47. The van der Waals surface area contributed by atoms with Crippen LogP contribution in [0.4, 0.5) is 0 Å². The van der Waals surface area contributed by atoms with Crippen LogP contribution in [0, 0.1) is 11.8 Å². The summed E-state index contributed by atoms with van der Waals surface area (Å²) in [6.45, 7) is 0.815. The number of rotatable bonds is 3. The summed E-state index contributed by atoms with van der Waals surface area (Å²) in [5.74, 6) is -0.996. The molecule has 1 saturated carbocycles. The molecule has 20 heavy (non-hydrogen) atoms. The van der Waals surface area contributed by atoms with Crippen molar-refractivity contribution in [3.05, 3.63) is 22.4 Å². The molecule has 1 aliphatic heterocycles. The first-order valence-corrected chi connectivity index (χ1v) is 8.11. The van der Waals surface area contributed by atoms with Gasteiger partial charge in [0.05, 0.1) is 12.0 Å². The average Bonchev–Trinajstić information content (AvgIpc) is 3.17. The van der Waals surface area contributed by atoms with E-state index in [9.17, 15) is 9.59 Å². The van der Waals surface area contributed by atoms with Gasteiger partial charge in [-0.1, -0.05) is 6.07 Å². The van der Waals surface area contributed by atoms with Gasteiger partial charge in [-0.15, -0.1) is 11.3 Å². The number of nitrogens with zero attached hydrogens (tertiary/aromatic N) is 1. The van der Waals surface area contributed by atoms with Gasteiger partial charge in [0.15, 0.2) is 0 Å². The molecule has 3 rings (SSSR count). The lowest BCUT2D eigenvalue weighted by molar-refractivity contribution is -0.141. The van der Waals surface area contributed by atoms with Crippen LogP contribution in [0.5, 0.6) is 0 Å². The highest BCUT2D eigenvalue weighted by Gasteiger charge is 2.39. The minimum absolute atomic E-state index is 0.0864. The molecular weight excluding hydrogens is 274 g/mol. The van der Waals surface area contributed by atoms with E-state index in [1.165, 1.54) is 4.88 Å². The molecule has 1 aromatic heterocycles. The SMILES string of the molecule is O=C(O)[C@H]1CC[C@@H](C(=O)N2CCCC2c2cccs2)C1. The van der Waals surface area contributed by atoms with Gasteiger partial charge in [0.25, 0.3) is 0 Å². The molecule has 2 aliphatic rings. The number of carbonyl (C=O) groups is 2. The molecule has 3 atom stereocenters. The Bertz CT molecular complexity index is 499. The van der Waals surface area contributed by atoms with Gasteiger partial charge >= 0.3 is 5.97 Å². The molecule has 0 radical (unpaired) electrons. The number of thiophene rings is 1. The molecule has 1 saturated heterocycles. The van der Waals surface area contributed by atoms with Gasteiger partial charge in [0, 0.05) is 17.3 Å². The standard InChI is InChI=1S/C15H19NO3S/c17-14(10-5-6-11(9-10)15(18)19)16-7-1-3-12(16)13-4-2-8-20-13/h2,4,8,10-12H,1,3,5-7,9H2,(H,18,19)/t10-,11+,12?/m1/s1. The fraction of sp³-hybridized carbons (Fsp3) is 0.600. The summed E-state index contributed by atoms with van der Waals surface area (Å²) in [5, 5.41) is 11.1. The first-order valence-electron chi connectivity index (χ1n) is 7.23. The van der Waals surface area contributed by atoms with Crippen LogP contribution in [0.3, 0.4) is 0 Å². The van der Waals surface area contributed by atoms with Crippen LogP contribution in [-0.2, 0) is 9.59 Å². The molecule has 5 heteroatoms. The second kappa shape index (κ2) is 5.56. The lowest BCUT2D eigenvalue weighted by Gasteiger charge is -2.26. The Morgan fingerprint density at radius 3 is 2.70 bits per heavy atom. The Hall–Kier alpha value is -1.36. The van der Waals surface area contributed by atoms with Gasteiger partial charge in [-0.05, 0) is 43.6 Å². The monoisotopic (exact) mass is 293 g/mol. The third-order valence-electron chi connectivity index (χ3n) is 4.54. The maximum atomic E-state index is 12.7. The summed E-state index contributed by atoms with van der Waals surface area (Å²) in [7, 11) is 0. The van der Waals surface area contributed by atoms with Crippen molar-refractivity contribution in [2.45, 2.75) is 38.1 Å². The molecule has 0 aromatic carbocycles. The van der Waals surface area contributed by atoms with Gasteiger partial charge in [0.1, 0.15) is 0 Å². The van der Waals surface area contributed by atoms with Crippen LogP contribution in [-0.4, -0.2) is 28.4 Å². The van der Waals surface area contributed by atoms with Crippen LogP contribution in [0.1, 0.15) is 43.0 Å². The molecule has 0 bridgehead atoms. The number of aliphatic carboxylic acids is 1. The minimum Gasteiger partial charge on any atom is -0.481 e. The third kappa shape index (κ3) is 2.46. The van der Waals surface area contributed by atoms with Crippen LogP contribution in [0.2, 0.25) is 0 Å². The van der Waals surface area contributed by atoms with Crippen LogP contribution >= 0.6 is 11.3 Å². The predicted molar refractivity (Wildman–Crippen MR) is 76.5 cm³/mol. The van der Waals surface area contributed by atoms with E-state index in [2.05, 4.69) is 6.07 Å². The van der Waals surface area contributed by atoms with Crippen molar-refractivity contribution in [2.75, 3.05) is 6.54 Å². The highest BCUT2D eigenvalue weighted by Crippen LogP contribution is 2.39. The molecule has 1 amide bonds. The minimum atomic E-state index is -0.753. The molecule has 108 valence electrons. The maximum absolute atomic E-state index is 12.7. The van der Waals surface area contributed by atoms with Gasteiger partial charge in [-0.25, -0.2) is 0 Å². The Balaban J connectivity index is 1.69. The van der Waals surface area contributed by atoms with Crippen molar-refractivity contribution in [3.63, 3.8) is 0 Å². The van der Waals surface area contributed by atoms with Crippen LogP contribution < -0.4 is 0 Å². The van der Waals surface area contributed by atoms with Crippen LogP contribution in [0.25, 0.3) is 0 Å². The molecule has 1 unspecified atom stereocenters. The number of carboxylic acid groups (broad SMARTS) is 1. The summed E-state index contributed by atoms with van der Waals surface area (Å²) in [6.07, 6.45) is 3.96. The van der Waals surface area contributed by atoms with Crippen molar-refractivity contribution in [2.24, 2.45) is 11.8 Å². The highest BCUT2D eigenvalue weighted by molar-refractivity contribution is 7.10. The fourth-order valence-corrected chi connectivity index (χ4v) is 4.35. The van der Waals surface area contributed by atoms with E-state index in [4.69, 9.17) is 5.11 Å². The van der Waals surface area contributed by atoms with E-state index < -0.39 is 5.97 Å². The van der Waals surface area contributed by atoms with E-state index in [-0.39, 0.29) is 23.8 Å². The summed E-state index contributed by atoms with van der Waals surface area (Å²) in [6, 6.07) is 4.33. The van der Waals surface area contributed by atoms with E-state index in [1.807, 2.05) is 16.3 Å². The van der Waals surface area contributed by atoms with E-state index >= 15 is 0 Å². The van der Waals surface area contributed by atoms with Crippen molar-refractivity contribution in [1.82, 2.24) is 4.90 Å². The number of likely N-dealkylation sites (tertiary alicyclic amines) is 1. The normalized spacial score (nSPS) is 29.8. The molecule has 0 spiro atoms. The number of carbonyl (C=O) groups excluding carboxylic acids is 1. The Labute approximate surface area is 122 Å². The summed E-state index contributed by atoms with van der Waals surface area (Å²) in [5.41, 5.74) is 0. The molecule has 4 nitrogen and oxygen atoms in total. The second-order valence-corrected chi connectivity index (χ2v) is 6.73. The van der Waals surface area contributed by atoms with Gasteiger partial charge in [-0.3, -0.25) is 9.59 Å². The smallest absolute Gasteiger partial charge is 0.306 e. The maximum Gasteiger partial charge on any atom is 0.306 e. The zero-order valence-corrected chi connectivity index (χ0v) is 12.1. The Kier molecular flexibility index (Phi) is 3.78. The molecule has 2 heterocycles. The van der Waals surface area contributed by atoms with Crippen molar-refractivity contribution in [1.29, 1.82) is 0 Å². The van der Waals surface area contributed by atoms with E-state index in [1.54, 1.807) is 11.3 Å². The molecule has 1 N–H and O–H groups in total. The number of hydrogen-bond donors (Lipinski definition) is 1. The predicted octanol–water partition coefficient (Wildman–Crippen LogP) is 2.91. The van der Waals surface area contributed by atoms with Crippen molar-refractivity contribution < 1.29 is 14.7 Å². The average molecular weight is 293 g/mol. The largest absolute Gasteiger partial charge is 0.481 e. The lowest BCUT2D eigenvalue weighted by Crippen LogP contribution is -2.34.